The Hall–Kier alpha value is -3.00. The van der Waals surface area contributed by atoms with Crippen molar-refractivity contribution in [1.82, 2.24) is 0 Å². The molecule has 1 aliphatic heterocycles. The number of aliphatic hydroxyl groups excluding tert-OH is 4. The molecule has 6 atom stereocenters. The highest BCUT2D eigenvalue weighted by Gasteiger charge is 2.47. The largest absolute Gasteiger partial charge is 0.495 e. The predicted octanol–water partition coefficient (Wildman–Crippen LogP) is 0.617. The zero-order chi connectivity index (χ0) is 27.1. The lowest BCUT2D eigenvalue weighted by molar-refractivity contribution is -0.331. The molecule has 0 amide bonds. The zero-order valence-corrected chi connectivity index (χ0v) is 20.7. The molecule has 0 aliphatic carbocycles. The van der Waals surface area contributed by atoms with Crippen LogP contribution in [0.2, 0.25) is 0 Å². The molecular weight excluding hydrogens is 492 g/mol. The van der Waals surface area contributed by atoms with Crippen molar-refractivity contribution in [3.63, 3.8) is 0 Å². The van der Waals surface area contributed by atoms with E-state index in [1.54, 1.807) is 32.0 Å². The van der Waals surface area contributed by atoms with Crippen LogP contribution >= 0.6 is 0 Å². The molecule has 1 unspecified atom stereocenters. The van der Waals surface area contributed by atoms with E-state index in [-0.39, 0.29) is 17.6 Å². The number of fused-ring (bicyclic) bond motifs is 2. The Morgan fingerprint density at radius 2 is 1.84 bits per heavy atom. The minimum atomic E-state index is -1.66. The molecule has 37 heavy (non-hydrogen) atoms. The topological polar surface area (TPSA) is 178 Å². The van der Waals surface area contributed by atoms with E-state index in [0.717, 1.165) is 0 Å². The van der Waals surface area contributed by atoms with Crippen LogP contribution in [0.1, 0.15) is 26.3 Å². The normalized spacial score (nSPS) is 25.4. The van der Waals surface area contributed by atoms with Gasteiger partial charge in [0.2, 0.25) is 0 Å². The van der Waals surface area contributed by atoms with Crippen LogP contribution in [-0.2, 0) is 25.4 Å². The lowest BCUT2D eigenvalue weighted by Gasteiger charge is -2.44. The SMILES string of the molecule is COc1c2ccoc2cc2oc(=O)c(CC(OC(C)=O)C(C)(C)O[C@@H]3O[C@H](CO)[C@@H](O)[C@H](O)[C@H]3O)cc12. The summed E-state index contributed by atoms with van der Waals surface area (Å²) in [6, 6.07) is 4.87. The maximum atomic E-state index is 12.9. The summed E-state index contributed by atoms with van der Waals surface area (Å²) < 4.78 is 33.3. The van der Waals surface area contributed by atoms with Crippen LogP contribution in [0.4, 0.5) is 0 Å². The number of hydrogen-bond acceptors (Lipinski definition) is 12. The highest BCUT2D eigenvalue weighted by Crippen LogP contribution is 2.36. The number of rotatable bonds is 8. The van der Waals surface area contributed by atoms with Crippen molar-refractivity contribution >= 4 is 27.9 Å². The molecule has 3 aromatic rings. The van der Waals surface area contributed by atoms with Crippen molar-refractivity contribution in [3.05, 3.63) is 40.4 Å². The van der Waals surface area contributed by atoms with Crippen LogP contribution in [-0.4, -0.2) is 82.5 Å². The van der Waals surface area contributed by atoms with Crippen LogP contribution in [0.3, 0.4) is 0 Å². The van der Waals surface area contributed by atoms with Gasteiger partial charge in [-0.15, -0.1) is 0 Å². The van der Waals surface area contributed by atoms with Gasteiger partial charge >= 0.3 is 11.6 Å². The molecular formula is C25H30O12. The first kappa shape index (κ1) is 27.0. The highest BCUT2D eigenvalue weighted by molar-refractivity contribution is 6.01. The average molecular weight is 523 g/mol. The van der Waals surface area contributed by atoms with Crippen molar-refractivity contribution in [2.75, 3.05) is 13.7 Å². The van der Waals surface area contributed by atoms with E-state index < -0.39 is 60.6 Å². The Morgan fingerprint density at radius 1 is 1.11 bits per heavy atom. The molecule has 4 rings (SSSR count). The molecule has 1 saturated heterocycles. The molecule has 4 N–H and O–H groups in total. The third kappa shape index (κ3) is 5.21. The monoisotopic (exact) mass is 522 g/mol. The minimum absolute atomic E-state index is 0.144. The molecule has 202 valence electrons. The van der Waals surface area contributed by atoms with Crippen molar-refractivity contribution in [3.8, 4) is 5.75 Å². The number of ether oxygens (including phenoxy) is 4. The first-order valence-corrected chi connectivity index (χ1v) is 11.6. The van der Waals surface area contributed by atoms with Gasteiger partial charge in [-0.1, -0.05) is 0 Å². The summed E-state index contributed by atoms with van der Waals surface area (Å²) >= 11 is 0. The van der Waals surface area contributed by atoms with Gasteiger partial charge in [0.25, 0.3) is 0 Å². The van der Waals surface area contributed by atoms with Crippen LogP contribution in [0.25, 0.3) is 21.9 Å². The number of carbonyl (C=O) groups is 1. The fraction of sp³-hybridized carbons (Fsp3) is 0.520. The molecule has 1 aromatic carbocycles. The average Bonchev–Trinajstić information content (AvgIpc) is 3.30. The van der Waals surface area contributed by atoms with Crippen molar-refractivity contribution in [2.24, 2.45) is 0 Å². The number of furan rings is 1. The van der Waals surface area contributed by atoms with Gasteiger partial charge in [0, 0.05) is 25.0 Å². The number of hydrogen-bond donors (Lipinski definition) is 4. The quantitative estimate of drug-likeness (QED) is 0.240. The molecule has 0 saturated carbocycles. The van der Waals surface area contributed by atoms with Crippen molar-refractivity contribution in [1.29, 1.82) is 0 Å². The van der Waals surface area contributed by atoms with E-state index in [4.69, 9.17) is 27.8 Å². The Kier molecular flexibility index (Phi) is 7.60. The Morgan fingerprint density at radius 3 is 2.49 bits per heavy atom. The Balaban J connectivity index is 1.68. The van der Waals surface area contributed by atoms with E-state index in [9.17, 15) is 30.0 Å². The zero-order valence-electron chi connectivity index (χ0n) is 20.7. The molecule has 1 aliphatic rings. The first-order chi connectivity index (χ1) is 17.5. The Bertz CT molecular complexity index is 1320. The molecule has 2 aromatic heterocycles. The molecule has 12 nitrogen and oxygen atoms in total. The minimum Gasteiger partial charge on any atom is -0.495 e. The first-order valence-electron chi connectivity index (χ1n) is 11.6. The van der Waals surface area contributed by atoms with E-state index in [0.29, 0.717) is 22.1 Å². The summed E-state index contributed by atoms with van der Waals surface area (Å²) in [4.78, 5) is 24.8. The standard InChI is InChI=1S/C25H30O12/c1-11(27)34-18(25(2,3)37-24-21(30)20(29)19(28)17(10-26)36-24)8-12-7-14-16(35-23(12)31)9-15-13(5-6-33-15)22(14)32-4/h5-7,9,17-21,24,26,28-30H,8,10H2,1-4H3/t17-,18?,19-,20+,21-,24+/m1/s1. The third-order valence-electron chi connectivity index (χ3n) is 6.46. The lowest BCUT2D eigenvalue weighted by Crippen LogP contribution is -2.61. The van der Waals surface area contributed by atoms with Gasteiger partial charge in [-0.05, 0) is 26.0 Å². The summed E-state index contributed by atoms with van der Waals surface area (Å²) in [5.41, 5.74) is -1.19. The maximum absolute atomic E-state index is 12.9. The summed E-state index contributed by atoms with van der Waals surface area (Å²) in [5.74, 6) is -0.217. The van der Waals surface area contributed by atoms with E-state index in [2.05, 4.69) is 0 Å². The third-order valence-corrected chi connectivity index (χ3v) is 6.46. The van der Waals surface area contributed by atoms with Crippen molar-refractivity contribution < 1.29 is 53.0 Å². The van der Waals surface area contributed by atoms with Gasteiger partial charge in [-0.25, -0.2) is 4.79 Å². The molecule has 1 fully saturated rings. The number of carbonyl (C=O) groups excluding carboxylic acids is 1. The molecule has 3 heterocycles. The fourth-order valence-electron chi connectivity index (χ4n) is 4.43. The smallest absolute Gasteiger partial charge is 0.339 e. The molecule has 0 bridgehead atoms. The van der Waals surface area contributed by atoms with E-state index in [1.165, 1.54) is 20.3 Å². The van der Waals surface area contributed by atoms with E-state index in [1.807, 2.05) is 0 Å². The van der Waals surface area contributed by atoms with Gasteiger partial charge in [-0.3, -0.25) is 4.79 Å². The predicted molar refractivity (Wildman–Crippen MR) is 127 cm³/mol. The molecule has 12 heteroatoms. The number of esters is 1. The number of aliphatic hydroxyl groups is 4. The second-order valence-corrected chi connectivity index (χ2v) is 9.43. The summed E-state index contributed by atoms with van der Waals surface area (Å²) in [7, 11) is 1.48. The Labute approximate surface area is 210 Å². The summed E-state index contributed by atoms with van der Waals surface area (Å²) in [6.45, 7) is 3.64. The summed E-state index contributed by atoms with van der Waals surface area (Å²) in [5, 5.41) is 41.2. The fourth-order valence-corrected chi connectivity index (χ4v) is 4.43. The lowest BCUT2D eigenvalue weighted by atomic mass is 9.93. The molecule has 0 spiro atoms. The van der Waals surface area contributed by atoms with Crippen molar-refractivity contribution in [2.45, 2.75) is 69.6 Å². The van der Waals surface area contributed by atoms with Crippen LogP contribution in [0, 0.1) is 0 Å². The van der Waals surface area contributed by atoms with Gasteiger partial charge in [0.15, 0.2) is 6.29 Å². The van der Waals surface area contributed by atoms with Crippen LogP contribution in [0.5, 0.6) is 5.75 Å². The number of benzene rings is 1. The number of methoxy groups -OCH3 is 1. The molecule has 0 radical (unpaired) electrons. The van der Waals surface area contributed by atoms with Gasteiger partial charge in [0.1, 0.15) is 53.0 Å². The summed E-state index contributed by atoms with van der Waals surface area (Å²) in [6.07, 6.45) is -7.29. The second kappa shape index (κ2) is 10.4. The second-order valence-electron chi connectivity index (χ2n) is 9.43. The van der Waals surface area contributed by atoms with Gasteiger partial charge in [-0.2, -0.15) is 0 Å². The highest BCUT2D eigenvalue weighted by atomic mass is 16.7. The van der Waals surface area contributed by atoms with Gasteiger partial charge < -0.3 is 48.2 Å². The van der Waals surface area contributed by atoms with E-state index >= 15 is 0 Å². The van der Waals surface area contributed by atoms with Gasteiger partial charge in [0.05, 0.1) is 30.8 Å². The van der Waals surface area contributed by atoms with Crippen LogP contribution in [0.15, 0.2) is 38.1 Å². The van der Waals surface area contributed by atoms with Crippen LogP contribution < -0.4 is 10.4 Å². The maximum Gasteiger partial charge on any atom is 0.339 e.